The van der Waals surface area contributed by atoms with E-state index in [0.717, 1.165) is 38.7 Å². The van der Waals surface area contributed by atoms with Crippen LogP contribution < -0.4 is 5.32 Å². The monoisotopic (exact) mass is 346 g/mol. The highest BCUT2D eigenvalue weighted by Crippen LogP contribution is 2.34. The number of nitrogens with zero attached hydrogens (tertiary/aromatic N) is 1. The van der Waals surface area contributed by atoms with Gasteiger partial charge in [0.2, 0.25) is 0 Å². The maximum atomic E-state index is 13.0. The Labute approximate surface area is 150 Å². The van der Waals surface area contributed by atoms with Crippen molar-refractivity contribution in [3.05, 3.63) is 35.4 Å². The summed E-state index contributed by atoms with van der Waals surface area (Å²) < 4.78 is 5.70. The van der Waals surface area contributed by atoms with Gasteiger partial charge < -0.3 is 20.1 Å². The summed E-state index contributed by atoms with van der Waals surface area (Å²) in [6.07, 6.45) is 5.92. The fraction of sp³-hybridized carbons (Fsp3) is 0.650. The van der Waals surface area contributed by atoms with Crippen LogP contribution >= 0.6 is 0 Å². The highest BCUT2D eigenvalue weighted by Gasteiger charge is 2.31. The van der Waals surface area contributed by atoms with Crippen LogP contribution in [0.15, 0.2) is 24.3 Å². The van der Waals surface area contributed by atoms with Gasteiger partial charge in [0.1, 0.15) is 0 Å². The summed E-state index contributed by atoms with van der Waals surface area (Å²) in [6.45, 7) is 3.47. The lowest BCUT2D eigenvalue weighted by atomic mass is 9.87. The van der Waals surface area contributed by atoms with E-state index in [-0.39, 0.29) is 30.8 Å². The first-order valence-electron chi connectivity index (χ1n) is 9.58. The lowest BCUT2D eigenvalue weighted by molar-refractivity contribution is 0.0807. The molecule has 1 aliphatic carbocycles. The van der Waals surface area contributed by atoms with Crippen LogP contribution in [-0.2, 0) is 11.2 Å². The molecule has 5 nitrogen and oxygen atoms in total. The van der Waals surface area contributed by atoms with E-state index in [2.05, 4.69) is 23.5 Å². The molecule has 2 aliphatic rings. The van der Waals surface area contributed by atoms with Gasteiger partial charge in [-0.05, 0) is 56.6 Å². The number of aliphatic hydroxyl groups is 1. The number of carbonyl (C=O) groups is 1. The molecule has 3 rings (SSSR count). The van der Waals surface area contributed by atoms with Crippen molar-refractivity contribution in [1.29, 1.82) is 0 Å². The molecule has 0 saturated carbocycles. The summed E-state index contributed by atoms with van der Waals surface area (Å²) in [4.78, 5) is 14.9. The summed E-state index contributed by atoms with van der Waals surface area (Å²) >= 11 is 0. The molecule has 25 heavy (non-hydrogen) atoms. The molecule has 1 aromatic carbocycles. The van der Waals surface area contributed by atoms with Gasteiger partial charge in [0, 0.05) is 19.8 Å². The highest BCUT2D eigenvalue weighted by molar-refractivity contribution is 5.75. The highest BCUT2D eigenvalue weighted by atomic mass is 16.5. The van der Waals surface area contributed by atoms with Crippen LogP contribution in [0, 0.1) is 0 Å². The van der Waals surface area contributed by atoms with E-state index in [1.807, 2.05) is 17.9 Å². The van der Waals surface area contributed by atoms with Gasteiger partial charge in [-0.1, -0.05) is 24.3 Å². The predicted octanol–water partition coefficient (Wildman–Crippen LogP) is 3.03. The lowest BCUT2D eigenvalue weighted by Crippen LogP contribution is -2.49. The van der Waals surface area contributed by atoms with Gasteiger partial charge in [0.25, 0.3) is 0 Å². The van der Waals surface area contributed by atoms with E-state index in [9.17, 15) is 9.90 Å². The van der Waals surface area contributed by atoms with Crippen molar-refractivity contribution in [3.8, 4) is 0 Å². The van der Waals surface area contributed by atoms with Gasteiger partial charge in [-0.15, -0.1) is 0 Å². The third-order valence-corrected chi connectivity index (χ3v) is 5.41. The van der Waals surface area contributed by atoms with E-state index in [1.54, 1.807) is 0 Å². The number of amides is 2. The van der Waals surface area contributed by atoms with Gasteiger partial charge >= 0.3 is 6.03 Å². The molecule has 1 saturated heterocycles. The zero-order chi connectivity index (χ0) is 17.6. The number of rotatable bonds is 6. The van der Waals surface area contributed by atoms with Gasteiger partial charge in [-0.3, -0.25) is 0 Å². The van der Waals surface area contributed by atoms with Crippen LogP contribution in [0.4, 0.5) is 4.79 Å². The number of fused-ring (bicyclic) bond motifs is 1. The van der Waals surface area contributed by atoms with E-state index < -0.39 is 0 Å². The van der Waals surface area contributed by atoms with Crippen LogP contribution in [0.1, 0.15) is 56.2 Å². The third kappa shape index (κ3) is 4.33. The smallest absolute Gasteiger partial charge is 0.318 e. The van der Waals surface area contributed by atoms with Crippen molar-refractivity contribution in [2.75, 3.05) is 19.8 Å². The Kier molecular flexibility index (Phi) is 6.32. The van der Waals surface area contributed by atoms with E-state index in [4.69, 9.17) is 4.74 Å². The number of urea groups is 1. The molecule has 1 fully saturated rings. The van der Waals surface area contributed by atoms with Crippen LogP contribution in [0.3, 0.4) is 0 Å². The third-order valence-electron chi connectivity index (χ3n) is 5.41. The number of nitrogens with one attached hydrogen (secondary N) is 1. The van der Waals surface area contributed by atoms with Crippen molar-refractivity contribution in [3.63, 3.8) is 0 Å². The quantitative estimate of drug-likeness (QED) is 0.832. The second kappa shape index (κ2) is 8.68. The van der Waals surface area contributed by atoms with E-state index >= 15 is 0 Å². The summed E-state index contributed by atoms with van der Waals surface area (Å²) in [5, 5.41) is 12.4. The van der Waals surface area contributed by atoms with Crippen molar-refractivity contribution >= 4 is 6.03 Å². The molecule has 2 N–H and O–H groups in total. The minimum absolute atomic E-state index is 0.00506. The van der Waals surface area contributed by atoms with Crippen molar-refractivity contribution in [1.82, 2.24) is 10.2 Å². The minimum Gasteiger partial charge on any atom is -0.396 e. The average Bonchev–Trinajstić information content (AvgIpc) is 3.17. The van der Waals surface area contributed by atoms with Crippen molar-refractivity contribution in [2.45, 2.75) is 63.6 Å². The average molecular weight is 346 g/mol. The minimum atomic E-state index is -0.0434. The summed E-state index contributed by atoms with van der Waals surface area (Å²) in [6, 6.07) is 8.48. The summed E-state index contributed by atoms with van der Waals surface area (Å²) in [5.74, 6) is 0. The Morgan fingerprint density at radius 1 is 1.36 bits per heavy atom. The second-order valence-corrected chi connectivity index (χ2v) is 7.17. The SMILES string of the molecule is C[C@H](NC(=O)N(CCCO)[C@H]1CCCc2ccccc21)[C@@H]1CCCO1. The first kappa shape index (κ1) is 18.2. The van der Waals surface area contributed by atoms with Crippen LogP contribution in [0.2, 0.25) is 0 Å². The molecule has 0 aromatic heterocycles. The molecule has 1 heterocycles. The molecule has 5 heteroatoms. The molecule has 0 unspecified atom stereocenters. The molecule has 0 bridgehead atoms. The number of hydrogen-bond donors (Lipinski definition) is 2. The fourth-order valence-corrected chi connectivity index (χ4v) is 4.06. The first-order valence-corrected chi connectivity index (χ1v) is 9.58. The molecule has 1 aromatic rings. The molecule has 3 atom stereocenters. The first-order chi connectivity index (χ1) is 12.2. The van der Waals surface area contributed by atoms with E-state index in [0.29, 0.717) is 13.0 Å². The van der Waals surface area contributed by atoms with Gasteiger partial charge in [0.05, 0.1) is 18.2 Å². The molecular weight excluding hydrogens is 316 g/mol. The normalized spacial score (nSPS) is 23.8. The van der Waals surface area contributed by atoms with Crippen molar-refractivity contribution < 1.29 is 14.6 Å². The number of aliphatic hydroxyl groups excluding tert-OH is 1. The molecule has 138 valence electrons. The largest absolute Gasteiger partial charge is 0.396 e. The number of hydrogen-bond acceptors (Lipinski definition) is 3. The van der Waals surface area contributed by atoms with Gasteiger partial charge in [0.15, 0.2) is 0 Å². The summed E-state index contributed by atoms with van der Waals surface area (Å²) in [7, 11) is 0. The Hall–Kier alpha value is -1.59. The topological polar surface area (TPSA) is 61.8 Å². The maximum Gasteiger partial charge on any atom is 0.318 e. The Morgan fingerprint density at radius 3 is 2.96 bits per heavy atom. The molecule has 0 spiro atoms. The molecule has 2 amide bonds. The van der Waals surface area contributed by atoms with E-state index in [1.165, 1.54) is 11.1 Å². The zero-order valence-electron chi connectivity index (χ0n) is 15.1. The molecule has 0 radical (unpaired) electrons. The number of aryl methyl sites for hydroxylation is 1. The Balaban J connectivity index is 1.74. The van der Waals surface area contributed by atoms with Crippen molar-refractivity contribution in [2.24, 2.45) is 0 Å². The lowest BCUT2D eigenvalue weighted by Gasteiger charge is -2.37. The maximum absolute atomic E-state index is 13.0. The standard InChI is InChI=1S/C20H30N2O3/c1-15(19-11-5-14-25-19)21-20(24)22(12-6-13-23)18-10-4-8-16-7-2-3-9-17(16)18/h2-3,7,9,15,18-19,23H,4-6,8,10-14H2,1H3,(H,21,24)/t15-,18-,19-/m0/s1. The molecular formula is C20H30N2O3. The number of ether oxygens (including phenoxy) is 1. The second-order valence-electron chi connectivity index (χ2n) is 7.17. The fourth-order valence-electron chi connectivity index (χ4n) is 4.06. The predicted molar refractivity (Wildman–Crippen MR) is 97.5 cm³/mol. The Bertz CT molecular complexity index is 572. The van der Waals surface area contributed by atoms with Gasteiger partial charge in [-0.25, -0.2) is 4.79 Å². The number of carbonyl (C=O) groups excluding carboxylic acids is 1. The number of benzene rings is 1. The van der Waals surface area contributed by atoms with Crippen LogP contribution in [0.5, 0.6) is 0 Å². The zero-order valence-corrected chi connectivity index (χ0v) is 15.1. The van der Waals surface area contributed by atoms with Gasteiger partial charge in [-0.2, -0.15) is 0 Å². The Morgan fingerprint density at radius 2 is 2.20 bits per heavy atom. The summed E-state index contributed by atoms with van der Waals surface area (Å²) in [5.41, 5.74) is 2.60. The van der Waals surface area contributed by atoms with Crippen LogP contribution in [-0.4, -0.2) is 47.9 Å². The van der Waals surface area contributed by atoms with Crippen LogP contribution in [0.25, 0.3) is 0 Å². The molecule has 1 aliphatic heterocycles.